The van der Waals surface area contributed by atoms with Crippen molar-refractivity contribution < 1.29 is 19.1 Å². The molecular formula is C15H20N4O4. The first-order valence-electron chi connectivity index (χ1n) is 7.29. The van der Waals surface area contributed by atoms with Crippen LogP contribution in [-0.2, 0) is 14.3 Å². The highest BCUT2D eigenvalue weighted by Crippen LogP contribution is 2.14. The molecule has 1 saturated heterocycles. The molecule has 1 atom stereocenters. The summed E-state index contributed by atoms with van der Waals surface area (Å²) in [5.74, 6) is -0.0999. The van der Waals surface area contributed by atoms with Crippen LogP contribution in [0, 0.1) is 0 Å². The molecule has 0 bridgehead atoms. The van der Waals surface area contributed by atoms with Crippen molar-refractivity contribution in [3.05, 3.63) is 18.3 Å². The molecule has 0 unspecified atom stereocenters. The van der Waals surface area contributed by atoms with Gasteiger partial charge in [0.15, 0.2) is 0 Å². The molecule has 0 aliphatic carbocycles. The zero-order valence-corrected chi connectivity index (χ0v) is 13.3. The van der Waals surface area contributed by atoms with Gasteiger partial charge in [-0.05, 0) is 39.3 Å². The lowest BCUT2D eigenvalue weighted by molar-refractivity contribution is -0.122. The molecule has 124 valence electrons. The highest BCUT2D eigenvalue weighted by atomic mass is 16.6. The molecule has 1 aliphatic heterocycles. The van der Waals surface area contributed by atoms with E-state index in [-0.39, 0.29) is 11.8 Å². The first kappa shape index (κ1) is 16.7. The van der Waals surface area contributed by atoms with E-state index >= 15 is 0 Å². The minimum Gasteiger partial charge on any atom is -0.444 e. The summed E-state index contributed by atoms with van der Waals surface area (Å²) in [6.07, 6.45) is 1.66. The van der Waals surface area contributed by atoms with Gasteiger partial charge in [-0.25, -0.2) is 9.78 Å². The second kappa shape index (κ2) is 6.64. The summed E-state index contributed by atoms with van der Waals surface area (Å²) in [4.78, 5) is 38.7. The molecule has 0 spiro atoms. The Hall–Kier alpha value is -2.64. The highest BCUT2D eigenvalue weighted by molar-refractivity contribution is 5.99. The number of carbonyl (C=O) groups is 3. The van der Waals surface area contributed by atoms with Gasteiger partial charge in [-0.1, -0.05) is 0 Å². The van der Waals surface area contributed by atoms with E-state index in [0.29, 0.717) is 24.3 Å². The van der Waals surface area contributed by atoms with Gasteiger partial charge in [0.25, 0.3) is 0 Å². The minimum atomic E-state index is -0.601. The van der Waals surface area contributed by atoms with Gasteiger partial charge in [0.05, 0.1) is 11.9 Å². The topological polar surface area (TPSA) is 109 Å². The number of nitrogens with one attached hydrogen (secondary N) is 3. The number of hydrogen-bond donors (Lipinski definition) is 3. The third-order valence-electron chi connectivity index (χ3n) is 2.97. The number of hydrogen-bond acceptors (Lipinski definition) is 5. The number of carbonyl (C=O) groups excluding carboxylic acids is 3. The summed E-state index contributed by atoms with van der Waals surface area (Å²) in [5.41, 5.74) is -0.116. The van der Waals surface area contributed by atoms with Gasteiger partial charge in [-0.2, -0.15) is 0 Å². The van der Waals surface area contributed by atoms with Gasteiger partial charge < -0.3 is 15.4 Å². The molecule has 0 aromatic carbocycles. The van der Waals surface area contributed by atoms with Crippen LogP contribution >= 0.6 is 0 Å². The molecule has 3 N–H and O–H groups in total. The summed E-state index contributed by atoms with van der Waals surface area (Å²) in [6, 6.07) is 2.64. The fourth-order valence-corrected chi connectivity index (χ4v) is 1.99. The van der Waals surface area contributed by atoms with Crippen LogP contribution in [0.3, 0.4) is 0 Å². The summed E-state index contributed by atoms with van der Waals surface area (Å²) in [7, 11) is 0. The second-order valence-electron chi connectivity index (χ2n) is 6.21. The lowest BCUT2D eigenvalue weighted by Crippen LogP contribution is -2.37. The number of nitrogens with zero attached hydrogens (tertiary/aromatic N) is 1. The van der Waals surface area contributed by atoms with Gasteiger partial charge in [0, 0.05) is 6.42 Å². The van der Waals surface area contributed by atoms with Crippen LogP contribution in [0.1, 0.15) is 33.6 Å². The van der Waals surface area contributed by atoms with E-state index < -0.39 is 17.7 Å². The lowest BCUT2D eigenvalue weighted by Gasteiger charge is -2.19. The van der Waals surface area contributed by atoms with Crippen LogP contribution in [0.25, 0.3) is 0 Å². The van der Waals surface area contributed by atoms with E-state index in [1.54, 1.807) is 32.9 Å². The highest BCUT2D eigenvalue weighted by Gasteiger charge is 2.27. The maximum absolute atomic E-state index is 11.9. The van der Waals surface area contributed by atoms with Crippen LogP contribution in [0.5, 0.6) is 0 Å². The molecule has 3 amide bonds. The Morgan fingerprint density at radius 2 is 2.04 bits per heavy atom. The van der Waals surface area contributed by atoms with Crippen LogP contribution in [-0.4, -0.2) is 34.5 Å². The van der Waals surface area contributed by atoms with Gasteiger partial charge in [0.1, 0.15) is 17.5 Å². The fraction of sp³-hybridized carbons (Fsp3) is 0.467. The van der Waals surface area contributed by atoms with E-state index in [2.05, 4.69) is 20.9 Å². The van der Waals surface area contributed by atoms with E-state index in [4.69, 9.17) is 4.74 Å². The second-order valence-corrected chi connectivity index (χ2v) is 6.21. The third kappa shape index (κ3) is 5.24. The molecule has 8 nitrogen and oxygen atoms in total. The average molecular weight is 320 g/mol. The molecule has 1 aliphatic rings. The number of amides is 3. The molecule has 0 saturated carbocycles. The van der Waals surface area contributed by atoms with Crippen molar-refractivity contribution in [3.8, 4) is 0 Å². The van der Waals surface area contributed by atoms with Crippen LogP contribution in [0.15, 0.2) is 18.3 Å². The van der Waals surface area contributed by atoms with Gasteiger partial charge in [0.2, 0.25) is 11.8 Å². The first-order chi connectivity index (χ1) is 10.7. The average Bonchev–Trinajstić information content (AvgIpc) is 2.85. The minimum absolute atomic E-state index is 0.125. The van der Waals surface area contributed by atoms with Crippen LogP contribution in [0.2, 0.25) is 0 Å². The molecular weight excluding hydrogens is 300 g/mol. The predicted molar refractivity (Wildman–Crippen MR) is 83.9 cm³/mol. The Bertz CT molecular complexity index is 607. The first-order valence-corrected chi connectivity index (χ1v) is 7.29. The molecule has 0 radical (unpaired) electrons. The Morgan fingerprint density at radius 3 is 2.57 bits per heavy atom. The molecule has 23 heavy (non-hydrogen) atoms. The summed E-state index contributed by atoms with van der Waals surface area (Å²) in [6.45, 7) is 5.29. The van der Waals surface area contributed by atoms with Gasteiger partial charge in [-0.3, -0.25) is 14.9 Å². The van der Waals surface area contributed by atoms with Crippen molar-refractivity contribution in [3.63, 3.8) is 0 Å². The fourth-order valence-electron chi connectivity index (χ4n) is 1.99. The number of ether oxygens (including phenoxy) is 1. The van der Waals surface area contributed by atoms with Gasteiger partial charge >= 0.3 is 6.09 Å². The van der Waals surface area contributed by atoms with Crippen LogP contribution < -0.4 is 16.0 Å². The van der Waals surface area contributed by atoms with Crippen molar-refractivity contribution in [2.45, 2.75) is 45.3 Å². The quantitative estimate of drug-likeness (QED) is 0.784. The van der Waals surface area contributed by atoms with E-state index in [1.807, 2.05) is 0 Å². The number of pyridine rings is 1. The monoisotopic (exact) mass is 320 g/mol. The smallest absolute Gasteiger partial charge is 0.413 e. The van der Waals surface area contributed by atoms with E-state index in [9.17, 15) is 14.4 Å². The van der Waals surface area contributed by atoms with Crippen molar-refractivity contribution in [1.82, 2.24) is 10.3 Å². The van der Waals surface area contributed by atoms with Gasteiger partial charge in [-0.15, -0.1) is 0 Å². The maximum atomic E-state index is 11.9. The largest absolute Gasteiger partial charge is 0.444 e. The Labute approximate surface area is 134 Å². The molecule has 8 heteroatoms. The molecule has 1 aromatic heterocycles. The van der Waals surface area contributed by atoms with Crippen molar-refractivity contribution >= 4 is 29.4 Å². The van der Waals surface area contributed by atoms with Crippen LogP contribution in [0.4, 0.5) is 16.3 Å². The summed E-state index contributed by atoms with van der Waals surface area (Å²) >= 11 is 0. The molecule has 1 aromatic rings. The summed E-state index contributed by atoms with van der Waals surface area (Å²) in [5, 5.41) is 7.75. The zero-order valence-electron chi connectivity index (χ0n) is 13.3. The molecule has 2 rings (SSSR count). The normalized spacial score (nSPS) is 17.3. The lowest BCUT2D eigenvalue weighted by atomic mass is 10.2. The van der Waals surface area contributed by atoms with E-state index in [0.717, 1.165) is 0 Å². The maximum Gasteiger partial charge on any atom is 0.413 e. The number of anilines is 2. The number of aromatic nitrogens is 1. The van der Waals surface area contributed by atoms with Crippen molar-refractivity contribution in [2.75, 3.05) is 10.6 Å². The van der Waals surface area contributed by atoms with Crippen molar-refractivity contribution in [2.24, 2.45) is 0 Å². The third-order valence-corrected chi connectivity index (χ3v) is 2.97. The predicted octanol–water partition coefficient (Wildman–Crippen LogP) is 1.65. The molecule has 2 heterocycles. The SMILES string of the molecule is CC(C)(C)OC(=O)Nc1ccc(NC(=O)[C@H]2CCC(=O)N2)cn1. The van der Waals surface area contributed by atoms with Crippen molar-refractivity contribution in [1.29, 1.82) is 0 Å². The zero-order chi connectivity index (χ0) is 17.0. The summed E-state index contributed by atoms with van der Waals surface area (Å²) < 4.78 is 5.11. The van der Waals surface area contributed by atoms with E-state index in [1.165, 1.54) is 6.20 Å². The standard InChI is InChI=1S/C15H20N4O4/c1-15(2,3)23-14(22)19-11-6-4-9(8-16-11)17-13(21)10-5-7-12(20)18-10/h4,6,8,10H,5,7H2,1-3H3,(H,17,21)(H,18,20)(H,16,19,22)/t10-/m1/s1. The Kier molecular flexibility index (Phi) is 4.83. The Balaban J connectivity index is 1.88. The Morgan fingerprint density at radius 1 is 1.30 bits per heavy atom. The molecule has 1 fully saturated rings. The number of rotatable bonds is 3.